The molecule has 0 spiro atoms. The average molecular weight is 489 g/mol. The minimum Gasteiger partial charge on any atom is -0.359 e. The molecule has 27 heavy (non-hydrogen) atoms. The Labute approximate surface area is 181 Å². The highest BCUT2D eigenvalue weighted by molar-refractivity contribution is 14.0. The van der Waals surface area contributed by atoms with Crippen LogP contribution in [0.3, 0.4) is 0 Å². The second-order valence-corrected chi connectivity index (χ2v) is 7.53. The molecule has 7 heteroatoms. The summed E-state index contributed by atoms with van der Waals surface area (Å²) in [7, 11) is 0. The van der Waals surface area contributed by atoms with Gasteiger partial charge < -0.3 is 14.7 Å². The molecule has 0 aliphatic carbocycles. The van der Waals surface area contributed by atoms with Crippen molar-refractivity contribution in [3.8, 4) is 0 Å². The summed E-state index contributed by atoms with van der Waals surface area (Å²) in [4.78, 5) is 9.89. The first-order valence-electron chi connectivity index (χ1n) is 10.5. The third-order valence-corrected chi connectivity index (χ3v) is 5.82. The Morgan fingerprint density at radius 2 is 2.00 bits per heavy atom. The van der Waals surface area contributed by atoms with E-state index >= 15 is 0 Å². The van der Waals surface area contributed by atoms with Gasteiger partial charge in [-0.15, -0.1) is 24.0 Å². The molecule has 0 radical (unpaired) electrons. The number of aliphatic imine (C=N–C) groups is 1. The van der Waals surface area contributed by atoms with E-state index in [4.69, 9.17) is 9.52 Å². The quantitative estimate of drug-likeness (QED) is 0.359. The Morgan fingerprint density at radius 1 is 1.26 bits per heavy atom. The van der Waals surface area contributed by atoms with Gasteiger partial charge >= 0.3 is 0 Å². The molecule has 1 unspecified atom stereocenters. The van der Waals surface area contributed by atoms with Crippen LogP contribution in [0.2, 0.25) is 0 Å². The summed E-state index contributed by atoms with van der Waals surface area (Å²) in [5.41, 5.74) is 1.07. The Kier molecular flexibility index (Phi) is 9.35. The van der Waals surface area contributed by atoms with Gasteiger partial charge in [-0.05, 0) is 52.1 Å². The van der Waals surface area contributed by atoms with Crippen LogP contribution in [0.25, 0.3) is 0 Å². The summed E-state index contributed by atoms with van der Waals surface area (Å²) < 4.78 is 5.53. The van der Waals surface area contributed by atoms with Crippen molar-refractivity contribution in [3.05, 3.63) is 17.5 Å². The van der Waals surface area contributed by atoms with Crippen molar-refractivity contribution in [2.24, 2.45) is 4.99 Å². The number of rotatable bonds is 7. The normalized spacial score (nSPS) is 21.1. The zero-order valence-electron chi connectivity index (χ0n) is 17.1. The van der Waals surface area contributed by atoms with Gasteiger partial charge in [0.15, 0.2) is 11.7 Å². The molecule has 2 saturated heterocycles. The van der Waals surface area contributed by atoms with Gasteiger partial charge in [0.1, 0.15) is 6.54 Å². The highest BCUT2D eigenvalue weighted by atomic mass is 127. The minimum atomic E-state index is 0. The van der Waals surface area contributed by atoms with E-state index in [-0.39, 0.29) is 24.0 Å². The number of hydrogen-bond acceptors (Lipinski definition) is 4. The maximum absolute atomic E-state index is 5.53. The lowest BCUT2D eigenvalue weighted by atomic mass is 9.99. The Hall–Kier alpha value is -0.830. The molecular formula is C20H36IN5O. The molecule has 1 N–H and O–H groups in total. The molecule has 2 aliphatic rings. The SMILES string of the molecule is CCNC(=NCc1cc(C(CC)CC)no1)N1CCC(N2CCCC2)C1.I. The van der Waals surface area contributed by atoms with Gasteiger partial charge in [-0.1, -0.05) is 19.0 Å². The van der Waals surface area contributed by atoms with Gasteiger partial charge in [-0.25, -0.2) is 4.99 Å². The number of halogens is 1. The predicted molar refractivity (Wildman–Crippen MR) is 121 cm³/mol. The smallest absolute Gasteiger partial charge is 0.194 e. The molecule has 0 saturated carbocycles. The van der Waals surface area contributed by atoms with E-state index in [1.54, 1.807) is 0 Å². The lowest BCUT2D eigenvalue weighted by molar-refractivity contribution is 0.249. The van der Waals surface area contributed by atoms with Gasteiger partial charge in [-0.2, -0.15) is 0 Å². The van der Waals surface area contributed by atoms with Crippen LogP contribution in [-0.4, -0.2) is 59.7 Å². The van der Waals surface area contributed by atoms with Crippen LogP contribution >= 0.6 is 24.0 Å². The Morgan fingerprint density at radius 3 is 2.67 bits per heavy atom. The summed E-state index contributed by atoms with van der Waals surface area (Å²) in [6.45, 7) is 12.7. The fourth-order valence-electron chi connectivity index (χ4n) is 4.22. The van der Waals surface area contributed by atoms with Crippen molar-refractivity contribution in [1.29, 1.82) is 0 Å². The Bertz CT molecular complexity index is 581. The molecule has 1 atom stereocenters. The number of likely N-dealkylation sites (tertiary alicyclic amines) is 2. The number of nitrogens with zero attached hydrogens (tertiary/aromatic N) is 4. The van der Waals surface area contributed by atoms with Gasteiger partial charge in [0.2, 0.25) is 0 Å². The molecule has 0 aromatic carbocycles. The highest BCUT2D eigenvalue weighted by Crippen LogP contribution is 2.23. The van der Waals surface area contributed by atoms with Crippen LogP contribution < -0.4 is 5.32 Å². The fraction of sp³-hybridized carbons (Fsp3) is 0.800. The number of guanidine groups is 1. The first-order valence-corrected chi connectivity index (χ1v) is 10.5. The third-order valence-electron chi connectivity index (χ3n) is 5.82. The van der Waals surface area contributed by atoms with Crippen molar-refractivity contribution in [2.75, 3.05) is 32.7 Å². The summed E-state index contributed by atoms with van der Waals surface area (Å²) in [6, 6.07) is 2.77. The van der Waals surface area contributed by atoms with E-state index in [1.807, 2.05) is 0 Å². The topological polar surface area (TPSA) is 56.9 Å². The first-order chi connectivity index (χ1) is 12.7. The molecule has 2 fully saturated rings. The summed E-state index contributed by atoms with van der Waals surface area (Å²) in [5, 5.41) is 7.71. The zero-order valence-corrected chi connectivity index (χ0v) is 19.4. The van der Waals surface area contributed by atoms with Gasteiger partial charge in [0.05, 0.1) is 5.69 Å². The average Bonchev–Trinajstić information content (AvgIpc) is 3.40. The third kappa shape index (κ3) is 5.82. The van der Waals surface area contributed by atoms with E-state index in [1.165, 1.54) is 32.4 Å². The second-order valence-electron chi connectivity index (χ2n) is 7.53. The molecule has 3 rings (SSSR count). The predicted octanol–water partition coefficient (Wildman–Crippen LogP) is 3.83. The van der Waals surface area contributed by atoms with E-state index in [9.17, 15) is 0 Å². The maximum atomic E-state index is 5.53. The summed E-state index contributed by atoms with van der Waals surface area (Å²) in [6.07, 6.45) is 6.15. The van der Waals surface area contributed by atoms with Crippen molar-refractivity contribution in [1.82, 2.24) is 20.3 Å². The van der Waals surface area contributed by atoms with Crippen LogP contribution in [-0.2, 0) is 6.54 Å². The molecule has 3 heterocycles. The van der Waals surface area contributed by atoms with Gasteiger partial charge in [0, 0.05) is 37.7 Å². The molecule has 0 bridgehead atoms. The van der Waals surface area contributed by atoms with Crippen LogP contribution in [0.1, 0.15) is 70.2 Å². The largest absolute Gasteiger partial charge is 0.359 e. The standard InChI is InChI=1S/C20H35N5O.HI/c1-4-16(5-2)19-13-18(26-23-19)14-22-20(21-6-3)25-12-9-17(15-25)24-10-7-8-11-24;/h13,16-17H,4-12,14-15H2,1-3H3,(H,21,22);1H. The van der Waals surface area contributed by atoms with Crippen molar-refractivity contribution in [2.45, 2.75) is 71.4 Å². The van der Waals surface area contributed by atoms with Crippen LogP contribution in [0, 0.1) is 0 Å². The van der Waals surface area contributed by atoms with E-state index in [0.717, 1.165) is 49.9 Å². The van der Waals surface area contributed by atoms with E-state index in [0.29, 0.717) is 18.5 Å². The van der Waals surface area contributed by atoms with Crippen molar-refractivity contribution >= 4 is 29.9 Å². The maximum Gasteiger partial charge on any atom is 0.194 e. The zero-order chi connectivity index (χ0) is 18.4. The van der Waals surface area contributed by atoms with Crippen LogP contribution in [0.15, 0.2) is 15.6 Å². The van der Waals surface area contributed by atoms with E-state index in [2.05, 4.69) is 47.1 Å². The highest BCUT2D eigenvalue weighted by Gasteiger charge is 2.30. The summed E-state index contributed by atoms with van der Waals surface area (Å²) >= 11 is 0. The lowest BCUT2D eigenvalue weighted by Crippen LogP contribution is -2.42. The molecular weight excluding hydrogens is 453 g/mol. The van der Waals surface area contributed by atoms with Crippen LogP contribution in [0.4, 0.5) is 0 Å². The molecule has 0 amide bonds. The van der Waals surface area contributed by atoms with Crippen molar-refractivity contribution in [3.63, 3.8) is 0 Å². The number of aromatic nitrogens is 1. The second kappa shape index (κ2) is 11.2. The molecule has 6 nitrogen and oxygen atoms in total. The van der Waals surface area contributed by atoms with Crippen molar-refractivity contribution < 1.29 is 4.52 Å². The fourth-order valence-corrected chi connectivity index (χ4v) is 4.22. The summed E-state index contributed by atoms with van der Waals surface area (Å²) in [5.74, 6) is 2.36. The minimum absolute atomic E-state index is 0. The van der Waals surface area contributed by atoms with Crippen LogP contribution in [0.5, 0.6) is 0 Å². The Balaban J connectivity index is 0.00000261. The monoisotopic (exact) mass is 489 g/mol. The molecule has 1 aromatic rings. The molecule has 154 valence electrons. The van der Waals surface area contributed by atoms with Gasteiger partial charge in [-0.3, -0.25) is 4.90 Å². The van der Waals surface area contributed by atoms with Gasteiger partial charge in [0.25, 0.3) is 0 Å². The number of nitrogens with one attached hydrogen (secondary N) is 1. The molecule has 1 aromatic heterocycles. The molecule has 2 aliphatic heterocycles. The first kappa shape index (κ1) is 22.5. The lowest BCUT2D eigenvalue weighted by Gasteiger charge is -2.25. The number of hydrogen-bond donors (Lipinski definition) is 1. The van der Waals surface area contributed by atoms with E-state index < -0.39 is 0 Å².